The standard InChI is InChI=1S/C13H5BrF5NO/c14-5-1-2-9(7(15)3-5)20-13(21)6-4-8(16)11(18)12(19)10(6)17/h1-4H,(H,20,21). The van der Waals surface area contributed by atoms with Crippen LogP contribution in [0.5, 0.6) is 0 Å². The summed E-state index contributed by atoms with van der Waals surface area (Å²) in [4.78, 5) is 11.7. The molecule has 0 saturated heterocycles. The van der Waals surface area contributed by atoms with Crippen LogP contribution in [0.1, 0.15) is 10.4 Å². The summed E-state index contributed by atoms with van der Waals surface area (Å²) in [6.45, 7) is 0. The van der Waals surface area contributed by atoms with Crippen LogP contribution in [0.15, 0.2) is 28.7 Å². The third-order valence-electron chi connectivity index (χ3n) is 2.53. The van der Waals surface area contributed by atoms with E-state index in [-0.39, 0.29) is 11.8 Å². The van der Waals surface area contributed by atoms with Crippen LogP contribution in [0, 0.1) is 29.1 Å². The monoisotopic (exact) mass is 365 g/mol. The Bertz CT molecular complexity index is 735. The number of hydrogen-bond donors (Lipinski definition) is 1. The molecule has 8 heteroatoms. The highest BCUT2D eigenvalue weighted by Crippen LogP contribution is 2.22. The number of hydrogen-bond acceptors (Lipinski definition) is 1. The minimum Gasteiger partial charge on any atom is -0.319 e. The fraction of sp³-hybridized carbons (Fsp3) is 0. The molecule has 0 aliphatic rings. The molecule has 2 aromatic carbocycles. The van der Waals surface area contributed by atoms with Crippen molar-refractivity contribution in [3.05, 3.63) is 63.4 Å². The molecule has 0 fully saturated rings. The van der Waals surface area contributed by atoms with Gasteiger partial charge in [0.25, 0.3) is 5.91 Å². The molecule has 1 N–H and O–H groups in total. The van der Waals surface area contributed by atoms with Crippen molar-refractivity contribution in [3.8, 4) is 0 Å². The van der Waals surface area contributed by atoms with Crippen molar-refractivity contribution in [2.75, 3.05) is 5.32 Å². The van der Waals surface area contributed by atoms with Gasteiger partial charge in [0.05, 0.1) is 11.3 Å². The summed E-state index contributed by atoms with van der Waals surface area (Å²) < 4.78 is 66.1. The lowest BCUT2D eigenvalue weighted by molar-refractivity contribution is 0.102. The van der Waals surface area contributed by atoms with Crippen molar-refractivity contribution in [2.24, 2.45) is 0 Å². The smallest absolute Gasteiger partial charge is 0.258 e. The lowest BCUT2D eigenvalue weighted by Crippen LogP contribution is -2.17. The van der Waals surface area contributed by atoms with E-state index in [1.807, 2.05) is 5.32 Å². The molecule has 21 heavy (non-hydrogen) atoms. The first-order chi connectivity index (χ1) is 9.81. The van der Waals surface area contributed by atoms with E-state index < -0.39 is 40.6 Å². The van der Waals surface area contributed by atoms with E-state index >= 15 is 0 Å². The highest BCUT2D eigenvalue weighted by molar-refractivity contribution is 9.10. The Kier molecular flexibility index (Phi) is 4.26. The van der Waals surface area contributed by atoms with Gasteiger partial charge in [0.15, 0.2) is 23.3 Å². The number of carbonyl (C=O) groups excluding carboxylic acids is 1. The molecule has 0 radical (unpaired) electrons. The van der Waals surface area contributed by atoms with E-state index in [9.17, 15) is 26.7 Å². The number of halogens is 6. The van der Waals surface area contributed by atoms with Gasteiger partial charge in [-0.2, -0.15) is 0 Å². The molecule has 0 aromatic heterocycles. The largest absolute Gasteiger partial charge is 0.319 e. The Morgan fingerprint density at radius 1 is 0.905 bits per heavy atom. The van der Waals surface area contributed by atoms with Gasteiger partial charge in [-0.05, 0) is 24.3 Å². The van der Waals surface area contributed by atoms with E-state index in [0.717, 1.165) is 12.1 Å². The zero-order valence-corrected chi connectivity index (χ0v) is 11.6. The molecular weight excluding hydrogens is 361 g/mol. The topological polar surface area (TPSA) is 29.1 Å². The summed E-state index contributed by atoms with van der Waals surface area (Å²) in [6.07, 6.45) is 0. The lowest BCUT2D eigenvalue weighted by atomic mass is 10.1. The van der Waals surface area contributed by atoms with Gasteiger partial charge in [0.2, 0.25) is 0 Å². The highest BCUT2D eigenvalue weighted by atomic mass is 79.9. The SMILES string of the molecule is O=C(Nc1ccc(Br)cc1F)c1cc(F)c(F)c(F)c1F. The second-order valence-corrected chi connectivity index (χ2v) is 4.84. The molecule has 0 bridgehead atoms. The van der Waals surface area contributed by atoms with E-state index in [1.165, 1.54) is 6.07 Å². The predicted octanol–water partition coefficient (Wildman–Crippen LogP) is 4.40. The molecule has 0 aliphatic carbocycles. The molecule has 0 aliphatic heterocycles. The Hall–Kier alpha value is -1.96. The first-order valence-electron chi connectivity index (χ1n) is 5.40. The third-order valence-corrected chi connectivity index (χ3v) is 3.02. The minimum absolute atomic E-state index is 0.194. The Morgan fingerprint density at radius 2 is 1.57 bits per heavy atom. The maximum Gasteiger partial charge on any atom is 0.258 e. The molecule has 1 amide bonds. The van der Waals surface area contributed by atoms with E-state index in [0.29, 0.717) is 4.47 Å². The van der Waals surface area contributed by atoms with Crippen LogP contribution in [-0.4, -0.2) is 5.91 Å². The molecule has 0 unspecified atom stereocenters. The first-order valence-corrected chi connectivity index (χ1v) is 6.20. The number of benzene rings is 2. The second kappa shape index (κ2) is 5.80. The second-order valence-electron chi connectivity index (χ2n) is 3.93. The van der Waals surface area contributed by atoms with E-state index in [1.54, 1.807) is 0 Å². The fourth-order valence-corrected chi connectivity index (χ4v) is 1.85. The first kappa shape index (κ1) is 15.4. The lowest BCUT2D eigenvalue weighted by Gasteiger charge is -2.08. The average Bonchev–Trinajstić information content (AvgIpc) is 2.43. The van der Waals surface area contributed by atoms with Gasteiger partial charge in [-0.25, -0.2) is 22.0 Å². The summed E-state index contributed by atoms with van der Waals surface area (Å²) in [6, 6.07) is 3.77. The summed E-state index contributed by atoms with van der Waals surface area (Å²) in [5.74, 6) is -9.89. The summed E-state index contributed by atoms with van der Waals surface area (Å²) >= 11 is 2.99. The van der Waals surface area contributed by atoms with E-state index in [2.05, 4.69) is 15.9 Å². The van der Waals surface area contributed by atoms with Crippen LogP contribution in [0.2, 0.25) is 0 Å². The van der Waals surface area contributed by atoms with Gasteiger partial charge in [-0.3, -0.25) is 4.79 Å². The molecule has 0 heterocycles. The fourth-order valence-electron chi connectivity index (χ4n) is 1.52. The van der Waals surface area contributed by atoms with Crippen molar-refractivity contribution < 1.29 is 26.7 Å². The number of amides is 1. The van der Waals surface area contributed by atoms with Crippen LogP contribution < -0.4 is 5.32 Å². The summed E-state index contributed by atoms with van der Waals surface area (Å²) in [5, 5.41) is 1.94. The van der Waals surface area contributed by atoms with Crippen molar-refractivity contribution in [2.45, 2.75) is 0 Å². The minimum atomic E-state index is -2.11. The van der Waals surface area contributed by atoms with Gasteiger partial charge >= 0.3 is 0 Å². The van der Waals surface area contributed by atoms with Gasteiger partial charge in [0, 0.05) is 4.47 Å². The normalized spacial score (nSPS) is 10.6. The van der Waals surface area contributed by atoms with Crippen LogP contribution in [0.3, 0.4) is 0 Å². The van der Waals surface area contributed by atoms with Crippen molar-refractivity contribution >= 4 is 27.5 Å². The van der Waals surface area contributed by atoms with Crippen LogP contribution in [0.25, 0.3) is 0 Å². The summed E-state index contributed by atoms with van der Waals surface area (Å²) in [7, 11) is 0. The molecule has 0 atom stereocenters. The van der Waals surface area contributed by atoms with Gasteiger partial charge in [-0.15, -0.1) is 0 Å². The third kappa shape index (κ3) is 3.05. The quantitative estimate of drug-likeness (QED) is 0.477. The molecule has 2 rings (SSSR count). The average molecular weight is 366 g/mol. The predicted molar refractivity (Wildman–Crippen MR) is 68.3 cm³/mol. The zero-order valence-electron chi connectivity index (χ0n) is 9.99. The maximum atomic E-state index is 13.5. The van der Waals surface area contributed by atoms with Gasteiger partial charge in [-0.1, -0.05) is 15.9 Å². The molecule has 0 spiro atoms. The van der Waals surface area contributed by atoms with Crippen molar-refractivity contribution in [1.29, 1.82) is 0 Å². The Labute approximate surface area is 123 Å². The van der Waals surface area contributed by atoms with Gasteiger partial charge in [0.1, 0.15) is 5.82 Å². The molecule has 0 saturated carbocycles. The maximum absolute atomic E-state index is 13.5. The van der Waals surface area contributed by atoms with Crippen LogP contribution >= 0.6 is 15.9 Å². The van der Waals surface area contributed by atoms with Crippen LogP contribution in [0.4, 0.5) is 27.6 Å². The van der Waals surface area contributed by atoms with E-state index in [4.69, 9.17) is 0 Å². The summed E-state index contributed by atoms with van der Waals surface area (Å²) in [5.41, 5.74) is -1.40. The molecule has 110 valence electrons. The number of nitrogens with one attached hydrogen (secondary N) is 1. The Morgan fingerprint density at radius 3 is 2.19 bits per heavy atom. The molecule has 2 aromatic rings. The number of rotatable bonds is 2. The van der Waals surface area contributed by atoms with Crippen molar-refractivity contribution in [1.82, 2.24) is 0 Å². The number of carbonyl (C=O) groups is 1. The molecular formula is C13H5BrF5NO. The molecule has 2 nitrogen and oxygen atoms in total. The number of anilines is 1. The zero-order chi connectivity index (χ0) is 15.7. The Balaban J connectivity index is 2.37. The van der Waals surface area contributed by atoms with Crippen molar-refractivity contribution in [3.63, 3.8) is 0 Å². The highest BCUT2D eigenvalue weighted by Gasteiger charge is 2.23. The van der Waals surface area contributed by atoms with Gasteiger partial charge < -0.3 is 5.32 Å². The van der Waals surface area contributed by atoms with Crippen LogP contribution in [-0.2, 0) is 0 Å².